The summed E-state index contributed by atoms with van der Waals surface area (Å²) >= 11 is 4.08. The summed E-state index contributed by atoms with van der Waals surface area (Å²) in [6.07, 6.45) is 19.2. The molecule has 0 aliphatic rings. The highest BCUT2D eigenvalue weighted by atomic mass is 32.2. The number of nitrogen functional groups attached to an aromatic ring is 1. The number of hydrogen-bond donors (Lipinski definition) is 3. The zero-order chi connectivity index (χ0) is 27.2. The lowest BCUT2D eigenvalue weighted by atomic mass is 10.0. The maximum absolute atomic E-state index is 12.1. The van der Waals surface area contributed by atoms with E-state index in [1.165, 1.54) is 101 Å². The van der Waals surface area contributed by atoms with Crippen LogP contribution in [0.4, 0.5) is 5.69 Å². The van der Waals surface area contributed by atoms with Gasteiger partial charge in [-0.15, -0.1) is 12.6 Å². The highest BCUT2D eigenvalue weighted by Crippen LogP contribution is 2.15. The fraction of sp³-hybridized carbons (Fsp3) is 0.567. The Hall–Kier alpha value is -1.99. The van der Waals surface area contributed by atoms with Crippen molar-refractivity contribution in [3.05, 3.63) is 54.6 Å². The molecule has 0 saturated carbocycles. The van der Waals surface area contributed by atoms with Crippen LogP contribution in [0, 0.1) is 0 Å². The fourth-order valence-electron chi connectivity index (χ4n) is 3.99. The van der Waals surface area contributed by atoms with E-state index in [0.29, 0.717) is 5.69 Å². The molecule has 0 spiro atoms. The molecule has 2 rings (SSSR count). The van der Waals surface area contributed by atoms with Crippen molar-refractivity contribution >= 4 is 34.2 Å². The molecule has 0 aliphatic heterocycles. The van der Waals surface area contributed by atoms with E-state index >= 15 is 0 Å². The second kappa shape index (κ2) is 21.0. The molecule has 0 bridgehead atoms. The maximum atomic E-state index is 12.1. The molecule has 3 N–H and O–H groups in total. The lowest BCUT2D eigenvalue weighted by molar-refractivity contribution is -0.119. The normalized spacial score (nSPS) is 11.0. The Bertz CT molecular complexity index is 933. The highest BCUT2D eigenvalue weighted by molar-refractivity contribution is 7.90. The number of benzene rings is 2. The number of carbonyl (C=O) groups is 1. The quantitative estimate of drug-likeness (QED) is 0.0992. The maximum Gasteiger partial charge on any atom is 0.264 e. The van der Waals surface area contributed by atoms with Crippen LogP contribution in [0.2, 0.25) is 0 Å². The van der Waals surface area contributed by atoms with Gasteiger partial charge in [0.05, 0.1) is 4.90 Å². The number of hydrogen-bond acceptors (Lipinski definition) is 5. The Labute approximate surface area is 231 Å². The van der Waals surface area contributed by atoms with Gasteiger partial charge in [0.1, 0.15) is 0 Å². The summed E-state index contributed by atoms with van der Waals surface area (Å²) < 4.78 is 26.4. The first-order chi connectivity index (χ1) is 17.8. The van der Waals surface area contributed by atoms with Crippen LogP contribution < -0.4 is 10.5 Å². The zero-order valence-electron chi connectivity index (χ0n) is 22.7. The molecule has 0 radical (unpaired) electrons. The standard InChI is InChI=1S/C24H42N2O3S.C6H6S/c1-2-3-4-5-6-7-8-9-10-11-12-13-14-15-16-17-24(27)26-30(28,29)23-20-18-22(25)19-21-23;7-6-4-2-1-3-5-6/h18-21H,2-17,25H2,1H3,(H,26,27);1-5,7H. The number of unbranched alkanes of at least 4 members (excludes halogenated alkanes) is 14. The van der Waals surface area contributed by atoms with E-state index in [9.17, 15) is 13.2 Å². The smallest absolute Gasteiger partial charge is 0.264 e. The third kappa shape index (κ3) is 18.0. The molecule has 1 amide bonds. The lowest BCUT2D eigenvalue weighted by Gasteiger charge is -2.07. The number of rotatable bonds is 18. The van der Waals surface area contributed by atoms with Crippen molar-refractivity contribution in [2.24, 2.45) is 0 Å². The van der Waals surface area contributed by atoms with Crippen LogP contribution in [0.25, 0.3) is 0 Å². The van der Waals surface area contributed by atoms with Gasteiger partial charge in [-0.05, 0) is 42.8 Å². The molecule has 0 aromatic heterocycles. The molecule has 5 nitrogen and oxygen atoms in total. The number of carbonyl (C=O) groups excluding carboxylic acids is 1. The van der Waals surface area contributed by atoms with Crippen LogP contribution in [0.3, 0.4) is 0 Å². The second-order valence-electron chi connectivity index (χ2n) is 9.63. The minimum atomic E-state index is -3.80. The monoisotopic (exact) mass is 548 g/mol. The molecule has 0 heterocycles. The molecule has 0 saturated heterocycles. The summed E-state index contributed by atoms with van der Waals surface area (Å²) in [5.41, 5.74) is 6.04. The van der Waals surface area contributed by atoms with Crippen LogP contribution in [0.15, 0.2) is 64.4 Å². The van der Waals surface area contributed by atoms with Gasteiger partial charge in [-0.25, -0.2) is 13.1 Å². The van der Waals surface area contributed by atoms with Gasteiger partial charge < -0.3 is 5.73 Å². The van der Waals surface area contributed by atoms with Crippen LogP contribution in [-0.2, 0) is 14.8 Å². The molecule has 7 heteroatoms. The summed E-state index contributed by atoms with van der Waals surface area (Å²) in [5.74, 6) is -0.443. The van der Waals surface area contributed by atoms with E-state index < -0.39 is 15.9 Å². The zero-order valence-corrected chi connectivity index (χ0v) is 24.4. The number of sulfonamides is 1. The van der Waals surface area contributed by atoms with Gasteiger partial charge in [-0.3, -0.25) is 4.79 Å². The molecule has 0 unspecified atom stereocenters. The number of nitrogens with one attached hydrogen (secondary N) is 1. The molecule has 0 aliphatic carbocycles. The Morgan fingerprint density at radius 2 is 1.14 bits per heavy atom. The average Bonchev–Trinajstić information content (AvgIpc) is 2.87. The predicted octanol–water partition coefficient (Wildman–Crippen LogP) is 8.31. The van der Waals surface area contributed by atoms with E-state index in [0.717, 1.165) is 24.2 Å². The SMILES string of the molecule is CCCCCCCCCCCCCCCCCC(=O)NS(=O)(=O)c1ccc(N)cc1.Sc1ccccc1. The molecule has 2 aromatic rings. The Morgan fingerprint density at radius 3 is 1.54 bits per heavy atom. The van der Waals surface area contributed by atoms with Crippen molar-refractivity contribution in [3.63, 3.8) is 0 Å². The van der Waals surface area contributed by atoms with Crippen molar-refractivity contribution < 1.29 is 13.2 Å². The molecular formula is C30H48N2O3S2. The average molecular weight is 549 g/mol. The van der Waals surface area contributed by atoms with Crippen molar-refractivity contribution in [1.82, 2.24) is 4.72 Å². The minimum absolute atomic E-state index is 0.0570. The van der Waals surface area contributed by atoms with E-state index in [2.05, 4.69) is 24.3 Å². The number of amides is 1. The summed E-state index contributed by atoms with van der Waals surface area (Å²) in [7, 11) is -3.80. The van der Waals surface area contributed by atoms with E-state index in [1.54, 1.807) is 0 Å². The fourth-order valence-corrected chi connectivity index (χ4v) is 5.18. The first kappa shape index (κ1) is 33.0. The van der Waals surface area contributed by atoms with E-state index in [-0.39, 0.29) is 11.3 Å². The number of nitrogens with two attached hydrogens (primary N) is 1. The van der Waals surface area contributed by atoms with Crippen molar-refractivity contribution in [1.29, 1.82) is 0 Å². The molecule has 0 atom stereocenters. The predicted molar refractivity (Wildman–Crippen MR) is 159 cm³/mol. The van der Waals surface area contributed by atoms with Gasteiger partial charge in [0.15, 0.2) is 0 Å². The molecular weight excluding hydrogens is 500 g/mol. The lowest BCUT2D eigenvalue weighted by Crippen LogP contribution is -2.30. The van der Waals surface area contributed by atoms with Crippen LogP contribution >= 0.6 is 12.6 Å². The summed E-state index contributed by atoms with van der Waals surface area (Å²) in [6.45, 7) is 2.26. The molecule has 208 valence electrons. The van der Waals surface area contributed by atoms with Gasteiger partial charge >= 0.3 is 0 Å². The number of thiol groups is 1. The van der Waals surface area contributed by atoms with Crippen LogP contribution in [-0.4, -0.2) is 14.3 Å². The minimum Gasteiger partial charge on any atom is -0.399 e. The van der Waals surface area contributed by atoms with Gasteiger partial charge in [0.25, 0.3) is 10.0 Å². The van der Waals surface area contributed by atoms with Gasteiger partial charge in [-0.1, -0.05) is 115 Å². The van der Waals surface area contributed by atoms with Gasteiger partial charge in [0, 0.05) is 17.0 Å². The molecule has 0 fully saturated rings. The van der Waals surface area contributed by atoms with Gasteiger partial charge in [0.2, 0.25) is 5.91 Å². The third-order valence-electron chi connectivity index (χ3n) is 6.20. The van der Waals surface area contributed by atoms with Crippen LogP contribution in [0.1, 0.15) is 110 Å². The first-order valence-electron chi connectivity index (χ1n) is 14.0. The topological polar surface area (TPSA) is 89.3 Å². The Balaban J connectivity index is 0.000000836. The Morgan fingerprint density at radius 1 is 0.703 bits per heavy atom. The van der Waals surface area contributed by atoms with Crippen molar-refractivity contribution in [2.75, 3.05) is 5.73 Å². The Kier molecular flexibility index (Phi) is 18.8. The van der Waals surface area contributed by atoms with Gasteiger partial charge in [-0.2, -0.15) is 0 Å². The largest absolute Gasteiger partial charge is 0.399 e. The summed E-state index contributed by atoms with van der Waals surface area (Å²) in [6, 6.07) is 15.6. The van der Waals surface area contributed by atoms with Crippen molar-refractivity contribution in [2.45, 2.75) is 119 Å². The van der Waals surface area contributed by atoms with E-state index in [4.69, 9.17) is 5.73 Å². The third-order valence-corrected chi connectivity index (χ3v) is 7.89. The first-order valence-corrected chi connectivity index (χ1v) is 15.9. The molecule has 2 aromatic carbocycles. The van der Waals surface area contributed by atoms with Crippen molar-refractivity contribution in [3.8, 4) is 0 Å². The molecule has 37 heavy (non-hydrogen) atoms. The number of anilines is 1. The second-order valence-corrected chi connectivity index (χ2v) is 11.8. The van der Waals surface area contributed by atoms with E-state index in [1.807, 2.05) is 30.3 Å². The van der Waals surface area contributed by atoms with Crippen LogP contribution in [0.5, 0.6) is 0 Å². The summed E-state index contributed by atoms with van der Waals surface area (Å²) in [5, 5.41) is 0. The highest BCUT2D eigenvalue weighted by Gasteiger charge is 2.16. The summed E-state index contributed by atoms with van der Waals surface area (Å²) in [4.78, 5) is 13.0.